The number of hydrogen-bond acceptors (Lipinski definition) is 5. The second kappa shape index (κ2) is 7.73. The number of hydrogen-bond donors (Lipinski definition) is 2. The fourth-order valence-electron chi connectivity index (χ4n) is 1.96. The highest BCUT2D eigenvalue weighted by molar-refractivity contribution is 7.14. The van der Waals surface area contributed by atoms with Crippen LogP contribution in [0.1, 0.15) is 15.4 Å². The van der Waals surface area contributed by atoms with Gasteiger partial charge in [-0.3, -0.25) is 14.9 Å². The number of amides is 2. The maximum Gasteiger partial charge on any atom is 0.267 e. The summed E-state index contributed by atoms with van der Waals surface area (Å²) in [6, 6.07) is 7.50. The topological polar surface area (TPSA) is 71.1 Å². The molecule has 3 rings (SSSR count). The Morgan fingerprint density at radius 3 is 2.76 bits per heavy atom. The molecule has 2 aromatic heterocycles. The third-order valence-corrected chi connectivity index (χ3v) is 4.97. The van der Waals surface area contributed by atoms with Crippen LogP contribution in [0.5, 0.6) is 0 Å². The van der Waals surface area contributed by atoms with Crippen LogP contribution in [-0.2, 0) is 11.2 Å². The van der Waals surface area contributed by atoms with E-state index in [1.54, 1.807) is 17.5 Å². The minimum Gasteiger partial charge on any atom is -0.323 e. The lowest BCUT2D eigenvalue weighted by Crippen LogP contribution is -2.16. The quantitative estimate of drug-likeness (QED) is 0.671. The first kappa shape index (κ1) is 17.5. The summed E-state index contributed by atoms with van der Waals surface area (Å²) in [5.74, 6) is -1.27. The number of anilines is 2. The summed E-state index contributed by atoms with van der Waals surface area (Å²) in [6.45, 7) is 0. The van der Waals surface area contributed by atoms with E-state index in [0.29, 0.717) is 15.7 Å². The first-order valence-electron chi connectivity index (χ1n) is 7.05. The predicted octanol–water partition coefficient (Wildman–Crippen LogP) is 4.43. The average Bonchev–Trinajstić information content (AvgIpc) is 3.22. The van der Waals surface area contributed by atoms with Crippen molar-refractivity contribution < 1.29 is 14.0 Å². The molecule has 0 atom stereocenters. The van der Waals surface area contributed by atoms with E-state index >= 15 is 0 Å². The van der Waals surface area contributed by atoms with E-state index in [1.165, 1.54) is 34.8 Å². The molecule has 0 saturated carbocycles. The molecule has 9 heteroatoms. The third-order valence-electron chi connectivity index (χ3n) is 3.06. The molecule has 2 N–H and O–H groups in total. The Hall–Kier alpha value is -2.29. The molecule has 2 amide bonds. The molecule has 0 spiro atoms. The van der Waals surface area contributed by atoms with Crippen LogP contribution in [0, 0.1) is 5.82 Å². The van der Waals surface area contributed by atoms with E-state index in [-0.39, 0.29) is 23.0 Å². The van der Waals surface area contributed by atoms with Gasteiger partial charge in [-0.25, -0.2) is 9.37 Å². The van der Waals surface area contributed by atoms with Crippen LogP contribution in [0.2, 0.25) is 5.02 Å². The van der Waals surface area contributed by atoms with E-state index in [1.807, 2.05) is 5.38 Å². The molecule has 0 aliphatic carbocycles. The first-order chi connectivity index (χ1) is 12.0. The number of thiazole rings is 1. The number of nitrogens with zero attached hydrogens (tertiary/aromatic N) is 1. The molecule has 0 aliphatic heterocycles. The maximum atomic E-state index is 13.7. The molecule has 128 valence electrons. The van der Waals surface area contributed by atoms with Crippen molar-refractivity contribution in [1.29, 1.82) is 0 Å². The van der Waals surface area contributed by atoms with Gasteiger partial charge in [0, 0.05) is 10.4 Å². The minimum atomic E-state index is -0.608. The maximum absolute atomic E-state index is 13.7. The molecule has 0 saturated heterocycles. The zero-order valence-electron chi connectivity index (χ0n) is 12.6. The molecule has 3 aromatic rings. The van der Waals surface area contributed by atoms with Gasteiger partial charge in [0.2, 0.25) is 5.91 Å². The van der Waals surface area contributed by atoms with Crippen molar-refractivity contribution in [3.05, 3.63) is 62.5 Å². The Bertz CT molecular complexity index is 912. The van der Waals surface area contributed by atoms with Crippen LogP contribution in [0.3, 0.4) is 0 Å². The molecular formula is C16H11ClFN3O2S2. The van der Waals surface area contributed by atoms with E-state index in [4.69, 9.17) is 11.6 Å². The predicted molar refractivity (Wildman–Crippen MR) is 98.1 cm³/mol. The number of rotatable bonds is 5. The number of carbonyl (C=O) groups is 2. The summed E-state index contributed by atoms with van der Waals surface area (Å²) in [4.78, 5) is 28.7. The van der Waals surface area contributed by atoms with Gasteiger partial charge in [-0.2, -0.15) is 0 Å². The summed E-state index contributed by atoms with van der Waals surface area (Å²) in [5.41, 5.74) is 0.536. The molecule has 25 heavy (non-hydrogen) atoms. The fraction of sp³-hybridized carbons (Fsp3) is 0.0625. The number of benzene rings is 1. The summed E-state index contributed by atoms with van der Waals surface area (Å²) in [6.07, 6.45) is -0.0343. The van der Waals surface area contributed by atoms with Crippen LogP contribution in [-0.4, -0.2) is 16.8 Å². The van der Waals surface area contributed by atoms with Crippen LogP contribution < -0.4 is 10.6 Å². The highest BCUT2D eigenvalue weighted by Gasteiger charge is 2.13. The molecule has 5 nitrogen and oxygen atoms in total. The molecule has 2 heterocycles. The van der Waals surface area contributed by atoms with Crippen molar-refractivity contribution in [3.8, 4) is 0 Å². The minimum absolute atomic E-state index is 0.0343. The van der Waals surface area contributed by atoms with Crippen molar-refractivity contribution in [3.63, 3.8) is 0 Å². The molecular weight excluding hydrogens is 385 g/mol. The molecule has 0 bridgehead atoms. The number of nitrogens with one attached hydrogen (secondary N) is 2. The van der Waals surface area contributed by atoms with Gasteiger partial charge < -0.3 is 5.32 Å². The van der Waals surface area contributed by atoms with Gasteiger partial charge in [-0.05, 0) is 29.6 Å². The van der Waals surface area contributed by atoms with Gasteiger partial charge >= 0.3 is 0 Å². The monoisotopic (exact) mass is 395 g/mol. The number of aromatic nitrogens is 1. The summed E-state index contributed by atoms with van der Waals surface area (Å²) in [7, 11) is 0. The Morgan fingerprint density at radius 1 is 1.20 bits per heavy atom. The molecule has 1 aromatic carbocycles. The molecule has 0 unspecified atom stereocenters. The molecule has 0 fully saturated rings. The number of thiophene rings is 1. The number of carbonyl (C=O) groups excluding carboxylic acids is 2. The lowest BCUT2D eigenvalue weighted by atomic mass is 10.2. The summed E-state index contributed by atoms with van der Waals surface area (Å²) < 4.78 is 13.7. The van der Waals surface area contributed by atoms with Crippen molar-refractivity contribution in [2.75, 3.05) is 10.6 Å². The van der Waals surface area contributed by atoms with E-state index in [0.717, 1.165) is 6.07 Å². The summed E-state index contributed by atoms with van der Waals surface area (Å²) >= 11 is 8.22. The van der Waals surface area contributed by atoms with E-state index in [9.17, 15) is 14.0 Å². The normalized spacial score (nSPS) is 10.5. The fourth-order valence-corrected chi connectivity index (χ4v) is 3.44. The van der Waals surface area contributed by atoms with Crippen LogP contribution >= 0.6 is 34.3 Å². The van der Waals surface area contributed by atoms with Gasteiger partial charge in [-0.1, -0.05) is 17.7 Å². The van der Waals surface area contributed by atoms with Gasteiger partial charge in [0.1, 0.15) is 5.82 Å². The number of halogens is 2. The second-order valence-electron chi connectivity index (χ2n) is 4.92. The largest absolute Gasteiger partial charge is 0.323 e. The summed E-state index contributed by atoms with van der Waals surface area (Å²) in [5, 5.41) is 9.27. The first-order valence-corrected chi connectivity index (χ1v) is 9.19. The van der Waals surface area contributed by atoms with Crippen LogP contribution in [0.4, 0.5) is 15.2 Å². The SMILES string of the molecule is O=C(Cc1csc(NC(=O)c2cccs2)n1)Nc1ccc(Cl)cc1F. The van der Waals surface area contributed by atoms with Gasteiger partial charge in [0.25, 0.3) is 5.91 Å². The second-order valence-corrected chi connectivity index (χ2v) is 7.17. The van der Waals surface area contributed by atoms with Crippen LogP contribution in [0.15, 0.2) is 41.1 Å². The van der Waals surface area contributed by atoms with Gasteiger partial charge in [0.15, 0.2) is 5.13 Å². The van der Waals surface area contributed by atoms with Crippen LogP contribution in [0.25, 0.3) is 0 Å². The van der Waals surface area contributed by atoms with Crippen molar-refractivity contribution in [2.45, 2.75) is 6.42 Å². The van der Waals surface area contributed by atoms with Gasteiger partial charge in [-0.15, -0.1) is 22.7 Å². The molecule has 0 radical (unpaired) electrons. The third kappa shape index (κ3) is 4.62. The lowest BCUT2D eigenvalue weighted by Gasteiger charge is -2.05. The zero-order valence-corrected chi connectivity index (χ0v) is 15.0. The zero-order chi connectivity index (χ0) is 17.8. The van der Waals surface area contributed by atoms with Crippen molar-refractivity contribution in [2.24, 2.45) is 0 Å². The van der Waals surface area contributed by atoms with E-state index < -0.39 is 11.7 Å². The molecule has 0 aliphatic rings. The average molecular weight is 396 g/mol. The van der Waals surface area contributed by atoms with E-state index in [2.05, 4.69) is 15.6 Å². The highest BCUT2D eigenvalue weighted by atomic mass is 35.5. The van der Waals surface area contributed by atoms with Crippen molar-refractivity contribution in [1.82, 2.24) is 4.98 Å². The Labute approximate surface area is 155 Å². The Balaban J connectivity index is 1.59. The Kier molecular flexibility index (Phi) is 5.42. The van der Waals surface area contributed by atoms with Gasteiger partial charge in [0.05, 0.1) is 22.7 Å². The lowest BCUT2D eigenvalue weighted by molar-refractivity contribution is -0.115. The smallest absolute Gasteiger partial charge is 0.267 e. The highest BCUT2D eigenvalue weighted by Crippen LogP contribution is 2.21. The standard InChI is InChI=1S/C16H11ClFN3O2S2/c17-9-3-4-12(11(18)6-9)20-14(22)7-10-8-25-16(19-10)21-15(23)13-2-1-5-24-13/h1-6,8H,7H2,(H,20,22)(H,19,21,23). The Morgan fingerprint density at radius 2 is 2.04 bits per heavy atom. The van der Waals surface area contributed by atoms with Crippen molar-refractivity contribution >= 4 is 56.9 Å².